The molecule has 0 fully saturated rings. The minimum atomic E-state index is -0.0567. The van der Waals surface area contributed by atoms with Gasteiger partial charge < -0.3 is 16.0 Å². The van der Waals surface area contributed by atoms with Crippen LogP contribution in [0, 0.1) is 6.92 Å². The number of carbonyl (C=O) groups excluding carboxylic acids is 1. The van der Waals surface area contributed by atoms with Crippen molar-refractivity contribution in [1.29, 1.82) is 0 Å². The van der Waals surface area contributed by atoms with E-state index in [-0.39, 0.29) is 5.91 Å². The number of benzene rings is 1. The van der Waals surface area contributed by atoms with Gasteiger partial charge in [-0.3, -0.25) is 9.79 Å². The molecule has 0 aliphatic rings. The smallest absolute Gasteiger partial charge is 0.221 e. The molecule has 140 valence electrons. The van der Waals surface area contributed by atoms with Gasteiger partial charge in [-0.05, 0) is 38.0 Å². The quantitative estimate of drug-likeness (QED) is 0.491. The van der Waals surface area contributed by atoms with E-state index in [1.54, 1.807) is 11.3 Å². The number of thiazole rings is 1. The number of nitrogens with one attached hydrogen (secondary N) is 3. The van der Waals surface area contributed by atoms with Crippen molar-refractivity contribution in [3.05, 3.63) is 45.9 Å². The first-order valence-electron chi connectivity index (χ1n) is 8.86. The van der Waals surface area contributed by atoms with Crippen LogP contribution in [-0.2, 0) is 17.6 Å². The van der Waals surface area contributed by atoms with Gasteiger partial charge in [0.25, 0.3) is 0 Å². The van der Waals surface area contributed by atoms with Crippen LogP contribution >= 0.6 is 11.3 Å². The molecule has 0 spiro atoms. The van der Waals surface area contributed by atoms with Crippen LogP contribution in [-0.4, -0.2) is 36.5 Å². The van der Waals surface area contributed by atoms with E-state index in [9.17, 15) is 4.79 Å². The highest BCUT2D eigenvalue weighted by atomic mass is 32.1. The van der Waals surface area contributed by atoms with Crippen LogP contribution in [0.15, 0.2) is 34.6 Å². The molecule has 0 saturated heterocycles. The number of hydrogen-bond acceptors (Lipinski definition) is 4. The SMILES string of the molecule is CCNC(=NCCc1csc(C)n1)NCCc1ccc(NC(C)=O)cc1. The van der Waals surface area contributed by atoms with Gasteiger partial charge in [0.05, 0.1) is 10.7 Å². The van der Waals surface area contributed by atoms with Crippen molar-refractivity contribution < 1.29 is 4.79 Å². The molecule has 1 aromatic heterocycles. The van der Waals surface area contributed by atoms with Crippen molar-refractivity contribution in [2.45, 2.75) is 33.6 Å². The van der Waals surface area contributed by atoms with E-state index < -0.39 is 0 Å². The maximum absolute atomic E-state index is 11.0. The fourth-order valence-corrected chi connectivity index (χ4v) is 3.08. The van der Waals surface area contributed by atoms with E-state index in [0.717, 1.165) is 48.3 Å². The highest BCUT2D eigenvalue weighted by Gasteiger charge is 2.01. The minimum absolute atomic E-state index is 0.0567. The maximum atomic E-state index is 11.0. The fourth-order valence-electron chi connectivity index (χ4n) is 2.43. The van der Waals surface area contributed by atoms with E-state index in [2.05, 4.69) is 38.2 Å². The lowest BCUT2D eigenvalue weighted by atomic mass is 10.1. The number of aromatic nitrogens is 1. The Morgan fingerprint density at radius 2 is 1.96 bits per heavy atom. The number of nitrogens with zero attached hydrogens (tertiary/aromatic N) is 2. The van der Waals surface area contributed by atoms with Crippen LogP contribution in [0.4, 0.5) is 5.69 Å². The third-order valence-corrected chi connectivity index (χ3v) is 4.45. The van der Waals surface area contributed by atoms with Crippen molar-refractivity contribution in [2.75, 3.05) is 25.0 Å². The lowest BCUT2D eigenvalue weighted by molar-refractivity contribution is -0.114. The lowest BCUT2D eigenvalue weighted by Crippen LogP contribution is -2.38. The Bertz CT molecular complexity index is 724. The van der Waals surface area contributed by atoms with Gasteiger partial charge in [0.1, 0.15) is 0 Å². The second-order valence-corrected chi connectivity index (χ2v) is 6.99. The zero-order valence-electron chi connectivity index (χ0n) is 15.6. The van der Waals surface area contributed by atoms with E-state index in [1.807, 2.05) is 31.2 Å². The standard InChI is InChI=1S/C19H27N5OS/c1-4-20-19(22-12-10-18-13-26-15(3)24-18)21-11-9-16-5-7-17(8-6-16)23-14(2)25/h5-8,13H,4,9-12H2,1-3H3,(H,23,25)(H2,20,21,22). The molecule has 2 rings (SSSR count). The van der Waals surface area contributed by atoms with Crippen LogP contribution in [0.5, 0.6) is 0 Å². The number of hydrogen-bond donors (Lipinski definition) is 3. The van der Waals surface area contributed by atoms with E-state index in [1.165, 1.54) is 12.5 Å². The molecule has 0 aliphatic heterocycles. The molecule has 0 aliphatic carbocycles. The third-order valence-electron chi connectivity index (χ3n) is 3.63. The maximum Gasteiger partial charge on any atom is 0.221 e. The largest absolute Gasteiger partial charge is 0.357 e. The van der Waals surface area contributed by atoms with Gasteiger partial charge in [0, 0.05) is 44.0 Å². The average molecular weight is 374 g/mol. The first-order chi connectivity index (χ1) is 12.6. The number of aliphatic imine (C=N–C) groups is 1. The Morgan fingerprint density at radius 1 is 1.19 bits per heavy atom. The lowest BCUT2D eigenvalue weighted by Gasteiger charge is -2.11. The van der Waals surface area contributed by atoms with Gasteiger partial charge in [-0.1, -0.05) is 12.1 Å². The highest BCUT2D eigenvalue weighted by Crippen LogP contribution is 2.10. The zero-order chi connectivity index (χ0) is 18.8. The molecule has 6 nitrogen and oxygen atoms in total. The Morgan fingerprint density at radius 3 is 2.58 bits per heavy atom. The van der Waals surface area contributed by atoms with Crippen LogP contribution < -0.4 is 16.0 Å². The molecule has 0 radical (unpaired) electrons. The summed E-state index contributed by atoms with van der Waals surface area (Å²) in [5, 5.41) is 12.6. The molecule has 0 atom stereocenters. The Labute approximate surface area is 159 Å². The zero-order valence-corrected chi connectivity index (χ0v) is 16.4. The molecule has 26 heavy (non-hydrogen) atoms. The number of carbonyl (C=O) groups is 1. The number of rotatable bonds is 8. The van der Waals surface area contributed by atoms with Gasteiger partial charge >= 0.3 is 0 Å². The molecule has 0 unspecified atom stereocenters. The summed E-state index contributed by atoms with van der Waals surface area (Å²) >= 11 is 1.68. The summed E-state index contributed by atoms with van der Waals surface area (Å²) in [6.07, 6.45) is 1.74. The van der Waals surface area contributed by atoms with Crippen LogP contribution in [0.3, 0.4) is 0 Å². The number of anilines is 1. The monoisotopic (exact) mass is 373 g/mol. The summed E-state index contributed by atoms with van der Waals surface area (Å²) in [6, 6.07) is 7.90. The Hall–Kier alpha value is -2.41. The summed E-state index contributed by atoms with van der Waals surface area (Å²) < 4.78 is 0. The van der Waals surface area contributed by atoms with Crippen molar-refractivity contribution in [3.63, 3.8) is 0 Å². The fraction of sp³-hybridized carbons (Fsp3) is 0.421. The normalized spacial score (nSPS) is 11.3. The highest BCUT2D eigenvalue weighted by molar-refractivity contribution is 7.09. The van der Waals surface area contributed by atoms with Gasteiger partial charge in [0.15, 0.2) is 5.96 Å². The molecule has 3 N–H and O–H groups in total. The minimum Gasteiger partial charge on any atom is -0.357 e. The summed E-state index contributed by atoms with van der Waals surface area (Å²) in [6.45, 7) is 7.92. The molecular formula is C19H27N5OS. The second-order valence-electron chi connectivity index (χ2n) is 5.92. The molecule has 1 heterocycles. The number of aryl methyl sites for hydroxylation is 1. The third kappa shape index (κ3) is 7.23. The molecule has 0 bridgehead atoms. The van der Waals surface area contributed by atoms with Gasteiger partial charge in [-0.15, -0.1) is 11.3 Å². The summed E-state index contributed by atoms with van der Waals surface area (Å²) in [4.78, 5) is 20.1. The topological polar surface area (TPSA) is 78.4 Å². The first-order valence-corrected chi connectivity index (χ1v) is 9.74. The summed E-state index contributed by atoms with van der Waals surface area (Å²) in [5.74, 6) is 0.771. The molecule has 1 amide bonds. The molecule has 1 aromatic carbocycles. The Balaban J connectivity index is 1.78. The van der Waals surface area contributed by atoms with E-state index >= 15 is 0 Å². The number of amides is 1. The predicted molar refractivity (Wildman–Crippen MR) is 109 cm³/mol. The number of guanidine groups is 1. The van der Waals surface area contributed by atoms with Gasteiger partial charge in [-0.2, -0.15) is 0 Å². The first kappa shape index (κ1) is 19.9. The van der Waals surface area contributed by atoms with Crippen molar-refractivity contribution >= 4 is 28.9 Å². The van der Waals surface area contributed by atoms with Crippen LogP contribution in [0.25, 0.3) is 0 Å². The predicted octanol–water partition coefficient (Wildman–Crippen LogP) is 2.75. The van der Waals surface area contributed by atoms with E-state index in [0.29, 0.717) is 6.54 Å². The molecule has 7 heteroatoms. The average Bonchev–Trinajstić information content (AvgIpc) is 3.01. The van der Waals surface area contributed by atoms with Crippen molar-refractivity contribution in [1.82, 2.24) is 15.6 Å². The summed E-state index contributed by atoms with van der Waals surface area (Å²) in [5.41, 5.74) is 3.13. The summed E-state index contributed by atoms with van der Waals surface area (Å²) in [7, 11) is 0. The van der Waals surface area contributed by atoms with Crippen molar-refractivity contribution in [2.24, 2.45) is 4.99 Å². The van der Waals surface area contributed by atoms with E-state index in [4.69, 9.17) is 0 Å². The van der Waals surface area contributed by atoms with Crippen LogP contribution in [0.1, 0.15) is 30.1 Å². The molecule has 2 aromatic rings. The molecule has 0 saturated carbocycles. The van der Waals surface area contributed by atoms with Gasteiger partial charge in [-0.25, -0.2) is 4.98 Å². The second kappa shape index (κ2) is 10.6. The van der Waals surface area contributed by atoms with Gasteiger partial charge in [0.2, 0.25) is 5.91 Å². The molecular weight excluding hydrogens is 346 g/mol. The van der Waals surface area contributed by atoms with Crippen molar-refractivity contribution in [3.8, 4) is 0 Å². The van der Waals surface area contributed by atoms with Crippen LogP contribution in [0.2, 0.25) is 0 Å². The Kier molecular flexibility index (Phi) is 8.08.